The molecular formula is C19H17FN2O2. The van der Waals surface area contributed by atoms with Crippen LogP contribution < -0.4 is 5.32 Å². The van der Waals surface area contributed by atoms with E-state index in [2.05, 4.69) is 10.5 Å². The highest BCUT2D eigenvalue weighted by molar-refractivity contribution is 6.00. The minimum atomic E-state index is -0.274. The third-order valence-corrected chi connectivity index (χ3v) is 3.77. The highest BCUT2D eigenvalue weighted by Crippen LogP contribution is 2.24. The summed E-state index contributed by atoms with van der Waals surface area (Å²) in [5.74, 6) is -0.0842. The Morgan fingerprint density at radius 3 is 2.58 bits per heavy atom. The number of nitrogens with one attached hydrogen (secondary N) is 1. The fourth-order valence-corrected chi connectivity index (χ4v) is 2.53. The molecule has 0 atom stereocenters. The molecule has 4 nitrogen and oxygen atoms in total. The quantitative estimate of drug-likeness (QED) is 0.777. The molecule has 2 aromatic carbocycles. The molecule has 1 N–H and O–H groups in total. The number of aromatic nitrogens is 1. The van der Waals surface area contributed by atoms with Gasteiger partial charge in [-0.3, -0.25) is 4.79 Å². The number of amides is 1. The lowest BCUT2D eigenvalue weighted by molar-refractivity contribution is 0.0953. The molecule has 1 amide bonds. The van der Waals surface area contributed by atoms with Crippen LogP contribution in [0.2, 0.25) is 0 Å². The van der Waals surface area contributed by atoms with Crippen LogP contribution >= 0.6 is 0 Å². The van der Waals surface area contributed by atoms with E-state index in [-0.39, 0.29) is 11.7 Å². The molecule has 0 aliphatic rings. The molecule has 0 radical (unpaired) electrons. The maximum atomic E-state index is 13.6. The van der Waals surface area contributed by atoms with E-state index in [0.717, 1.165) is 5.56 Å². The van der Waals surface area contributed by atoms with Gasteiger partial charge in [0.05, 0.1) is 0 Å². The second kappa shape index (κ2) is 7.08. The normalized spacial score (nSPS) is 10.6. The van der Waals surface area contributed by atoms with Crippen molar-refractivity contribution in [3.63, 3.8) is 0 Å². The highest BCUT2D eigenvalue weighted by atomic mass is 19.1. The Morgan fingerprint density at radius 2 is 1.83 bits per heavy atom. The van der Waals surface area contributed by atoms with Crippen molar-refractivity contribution in [1.29, 1.82) is 0 Å². The van der Waals surface area contributed by atoms with E-state index in [0.29, 0.717) is 35.5 Å². The van der Waals surface area contributed by atoms with Gasteiger partial charge >= 0.3 is 0 Å². The second-order valence-corrected chi connectivity index (χ2v) is 5.43. The van der Waals surface area contributed by atoms with E-state index in [1.165, 1.54) is 6.07 Å². The van der Waals surface area contributed by atoms with Gasteiger partial charge in [0.1, 0.15) is 22.8 Å². The molecule has 5 heteroatoms. The van der Waals surface area contributed by atoms with Gasteiger partial charge in [0.15, 0.2) is 0 Å². The number of aryl methyl sites for hydroxylation is 1. The zero-order valence-electron chi connectivity index (χ0n) is 13.3. The summed E-state index contributed by atoms with van der Waals surface area (Å²) in [6.07, 6.45) is 0.420. The van der Waals surface area contributed by atoms with Gasteiger partial charge in [0.25, 0.3) is 5.91 Å². The summed E-state index contributed by atoms with van der Waals surface area (Å²) in [5, 5.41) is 6.80. The summed E-state index contributed by atoms with van der Waals surface area (Å²) >= 11 is 0. The Bertz CT molecular complexity index is 844. The van der Waals surface area contributed by atoms with Crippen molar-refractivity contribution in [2.75, 3.05) is 6.54 Å². The first-order valence-electron chi connectivity index (χ1n) is 7.70. The molecule has 0 spiro atoms. The maximum absolute atomic E-state index is 13.6. The van der Waals surface area contributed by atoms with Crippen LogP contribution in [0.15, 0.2) is 59.1 Å². The maximum Gasteiger partial charge on any atom is 0.257 e. The average Bonchev–Trinajstić information content (AvgIpc) is 2.99. The third-order valence-electron chi connectivity index (χ3n) is 3.77. The van der Waals surface area contributed by atoms with Crippen LogP contribution in [0, 0.1) is 12.7 Å². The van der Waals surface area contributed by atoms with Crippen molar-refractivity contribution in [2.24, 2.45) is 0 Å². The Hall–Kier alpha value is -2.95. The first kappa shape index (κ1) is 15.9. The first-order chi connectivity index (χ1) is 11.7. The molecule has 1 heterocycles. The minimum Gasteiger partial charge on any atom is -0.360 e. The number of rotatable bonds is 5. The summed E-state index contributed by atoms with van der Waals surface area (Å²) < 4.78 is 18.8. The van der Waals surface area contributed by atoms with E-state index in [1.807, 2.05) is 30.3 Å². The molecule has 0 saturated heterocycles. The van der Waals surface area contributed by atoms with Crippen molar-refractivity contribution in [3.8, 4) is 11.3 Å². The predicted octanol–water partition coefficient (Wildman–Crippen LogP) is 3.76. The summed E-state index contributed by atoms with van der Waals surface area (Å²) in [5.41, 5.74) is 2.31. The number of hydrogen-bond acceptors (Lipinski definition) is 3. The van der Waals surface area contributed by atoms with Crippen LogP contribution in [0.4, 0.5) is 4.39 Å². The van der Waals surface area contributed by atoms with Gasteiger partial charge in [-0.25, -0.2) is 4.39 Å². The fourth-order valence-electron chi connectivity index (χ4n) is 2.53. The Balaban J connectivity index is 1.72. The monoisotopic (exact) mass is 324 g/mol. The second-order valence-electron chi connectivity index (χ2n) is 5.43. The number of hydrogen-bond donors (Lipinski definition) is 1. The molecule has 0 aliphatic carbocycles. The van der Waals surface area contributed by atoms with Gasteiger partial charge in [-0.05, 0) is 25.0 Å². The molecule has 0 bridgehead atoms. The van der Waals surface area contributed by atoms with Gasteiger partial charge in [-0.1, -0.05) is 53.7 Å². The number of carbonyl (C=O) groups is 1. The lowest BCUT2D eigenvalue weighted by atomic mass is 10.1. The highest BCUT2D eigenvalue weighted by Gasteiger charge is 2.21. The number of benzene rings is 2. The summed E-state index contributed by atoms with van der Waals surface area (Å²) in [4.78, 5) is 12.5. The number of nitrogens with zero attached hydrogens (tertiary/aromatic N) is 1. The van der Waals surface area contributed by atoms with Crippen molar-refractivity contribution < 1.29 is 13.7 Å². The zero-order chi connectivity index (χ0) is 16.9. The van der Waals surface area contributed by atoms with Gasteiger partial charge in [0.2, 0.25) is 0 Å². The van der Waals surface area contributed by atoms with Crippen LogP contribution in [0.1, 0.15) is 21.7 Å². The Labute approximate surface area is 139 Å². The molecule has 122 valence electrons. The van der Waals surface area contributed by atoms with Gasteiger partial charge in [-0.2, -0.15) is 0 Å². The molecule has 1 aromatic heterocycles. The lowest BCUT2D eigenvalue weighted by Gasteiger charge is -2.06. The molecule has 0 fully saturated rings. The summed E-state index contributed by atoms with van der Waals surface area (Å²) in [6.45, 7) is 2.03. The average molecular weight is 324 g/mol. The Morgan fingerprint density at radius 1 is 1.12 bits per heavy atom. The molecule has 24 heavy (non-hydrogen) atoms. The van der Waals surface area contributed by atoms with Crippen LogP contribution in [0.3, 0.4) is 0 Å². The van der Waals surface area contributed by atoms with Crippen LogP contribution in [0.25, 0.3) is 11.3 Å². The lowest BCUT2D eigenvalue weighted by Crippen LogP contribution is -2.26. The zero-order valence-corrected chi connectivity index (χ0v) is 13.3. The van der Waals surface area contributed by atoms with Crippen LogP contribution in [-0.4, -0.2) is 17.6 Å². The fraction of sp³-hybridized carbons (Fsp3) is 0.158. The summed E-state index contributed by atoms with van der Waals surface area (Å²) in [6, 6.07) is 15.9. The van der Waals surface area contributed by atoms with E-state index < -0.39 is 0 Å². The SMILES string of the molecule is Cc1onc(-c2ccccc2)c1C(=O)NCCc1ccccc1F. The van der Waals surface area contributed by atoms with Crippen molar-refractivity contribution >= 4 is 5.91 Å². The largest absolute Gasteiger partial charge is 0.360 e. The number of halogens is 1. The van der Waals surface area contributed by atoms with E-state index in [9.17, 15) is 9.18 Å². The van der Waals surface area contributed by atoms with Gasteiger partial charge < -0.3 is 9.84 Å². The summed E-state index contributed by atoms with van der Waals surface area (Å²) in [7, 11) is 0. The van der Waals surface area contributed by atoms with Gasteiger partial charge in [0, 0.05) is 12.1 Å². The molecule has 0 saturated carbocycles. The predicted molar refractivity (Wildman–Crippen MR) is 89.1 cm³/mol. The first-order valence-corrected chi connectivity index (χ1v) is 7.70. The molecule has 0 unspecified atom stereocenters. The molecular weight excluding hydrogens is 307 g/mol. The standard InChI is InChI=1S/C19H17FN2O2/c1-13-17(18(22-24-13)15-8-3-2-4-9-15)19(23)21-12-11-14-7-5-6-10-16(14)20/h2-10H,11-12H2,1H3,(H,21,23). The smallest absolute Gasteiger partial charge is 0.257 e. The van der Waals surface area contributed by atoms with Crippen molar-refractivity contribution in [1.82, 2.24) is 10.5 Å². The molecule has 0 aliphatic heterocycles. The van der Waals surface area contributed by atoms with E-state index >= 15 is 0 Å². The Kier molecular flexibility index (Phi) is 4.70. The van der Waals surface area contributed by atoms with E-state index in [1.54, 1.807) is 25.1 Å². The molecule has 3 aromatic rings. The minimum absolute atomic E-state index is 0.266. The van der Waals surface area contributed by atoms with Gasteiger partial charge in [-0.15, -0.1) is 0 Å². The topological polar surface area (TPSA) is 55.1 Å². The third kappa shape index (κ3) is 3.35. The van der Waals surface area contributed by atoms with Crippen molar-refractivity contribution in [3.05, 3.63) is 77.3 Å². The van der Waals surface area contributed by atoms with Crippen LogP contribution in [0.5, 0.6) is 0 Å². The number of carbonyl (C=O) groups excluding carboxylic acids is 1. The van der Waals surface area contributed by atoms with Crippen molar-refractivity contribution in [2.45, 2.75) is 13.3 Å². The van der Waals surface area contributed by atoms with Crippen LogP contribution in [-0.2, 0) is 6.42 Å². The molecule has 3 rings (SSSR count). The van der Waals surface area contributed by atoms with E-state index in [4.69, 9.17) is 4.52 Å².